The second-order valence-corrected chi connectivity index (χ2v) is 4.30. The first kappa shape index (κ1) is 15.4. The average molecular weight is 292 g/mol. The second kappa shape index (κ2) is 3.06. The second-order valence-electron chi connectivity index (χ2n) is 4.30. The summed E-state index contributed by atoms with van der Waals surface area (Å²) in [6, 6.07) is 0. The van der Waals surface area contributed by atoms with Crippen LogP contribution in [0.15, 0.2) is 0 Å². The molecule has 0 saturated heterocycles. The fourth-order valence-electron chi connectivity index (χ4n) is 1.57. The smallest absolute Gasteiger partial charge is 0.233 e. The summed E-state index contributed by atoms with van der Waals surface area (Å²) in [5, 5.41) is 0. The molecule has 0 aromatic rings. The molecular weight excluding hydrogens is 286 g/mol. The Bertz CT molecular complexity index is 249. The molecule has 2 unspecified atom stereocenters. The minimum absolute atomic E-state index is 0.607. The molecule has 0 radical (unpaired) electrons. The quantitative estimate of drug-likeness (QED) is 0.592. The zero-order valence-corrected chi connectivity index (χ0v) is 8.78. The molecule has 0 aromatic carbocycles. The lowest BCUT2D eigenvalue weighted by Crippen LogP contribution is -2.83. The maximum Gasteiger partial charge on any atom is 0.381 e. The zero-order valence-electron chi connectivity index (χ0n) is 8.78. The molecule has 2 atom stereocenters. The molecule has 18 heavy (non-hydrogen) atoms. The molecule has 1 fully saturated rings. The molecule has 0 bridgehead atoms. The Morgan fingerprint density at radius 2 is 0.556 bits per heavy atom. The van der Waals surface area contributed by atoms with E-state index in [1.165, 1.54) is 0 Å². The van der Waals surface area contributed by atoms with E-state index >= 15 is 0 Å². The molecule has 0 aromatic heterocycles. The van der Waals surface area contributed by atoms with Gasteiger partial charge in [-0.15, -0.1) is 0 Å². The first-order valence-corrected chi connectivity index (χ1v) is 4.39. The van der Waals surface area contributed by atoms with Crippen LogP contribution in [-0.4, -0.2) is 35.0 Å². The van der Waals surface area contributed by atoms with E-state index in [0.29, 0.717) is 0 Å². The van der Waals surface area contributed by atoms with Crippen LogP contribution < -0.4 is 0 Å². The van der Waals surface area contributed by atoms with Crippen LogP contribution in [0, 0.1) is 0 Å². The predicted octanol–water partition coefficient (Wildman–Crippen LogP) is 4.00. The van der Waals surface area contributed by atoms with Gasteiger partial charge in [0, 0.05) is 0 Å². The standard InChI is InChI=1S/C8H6F10/c1-3(9)4(2,10)6(13,14)8(17,18)7(15,16)5(3,11)12/h1-2H3. The van der Waals surface area contributed by atoms with Crippen LogP contribution in [0.2, 0.25) is 0 Å². The van der Waals surface area contributed by atoms with E-state index < -0.39 is 48.9 Å². The summed E-state index contributed by atoms with van der Waals surface area (Å²) in [6.07, 6.45) is 0. The van der Waals surface area contributed by atoms with Crippen LogP contribution in [0.4, 0.5) is 43.9 Å². The van der Waals surface area contributed by atoms with Crippen molar-refractivity contribution in [3.63, 3.8) is 0 Å². The number of hydrogen-bond donors (Lipinski definition) is 0. The Morgan fingerprint density at radius 3 is 0.722 bits per heavy atom. The third kappa shape index (κ3) is 1.10. The van der Waals surface area contributed by atoms with Gasteiger partial charge in [-0.25, -0.2) is 8.78 Å². The maximum atomic E-state index is 13.3. The van der Waals surface area contributed by atoms with Gasteiger partial charge in [0.25, 0.3) is 0 Å². The third-order valence-corrected chi connectivity index (χ3v) is 3.24. The summed E-state index contributed by atoms with van der Waals surface area (Å²) in [4.78, 5) is 0. The highest BCUT2D eigenvalue weighted by Gasteiger charge is 2.97. The molecule has 0 nitrogen and oxygen atoms in total. The van der Waals surface area contributed by atoms with E-state index in [-0.39, 0.29) is 0 Å². The highest BCUT2D eigenvalue weighted by Crippen LogP contribution is 2.68. The van der Waals surface area contributed by atoms with Gasteiger partial charge < -0.3 is 0 Å². The lowest BCUT2D eigenvalue weighted by Gasteiger charge is -2.53. The Hall–Kier alpha value is -0.700. The van der Waals surface area contributed by atoms with Gasteiger partial charge in [-0.05, 0) is 13.8 Å². The fraction of sp³-hybridized carbons (Fsp3) is 1.00. The van der Waals surface area contributed by atoms with Crippen LogP contribution in [0.3, 0.4) is 0 Å². The van der Waals surface area contributed by atoms with Crippen molar-refractivity contribution in [3.8, 4) is 0 Å². The Kier molecular flexibility index (Phi) is 2.61. The number of alkyl halides is 10. The van der Waals surface area contributed by atoms with Gasteiger partial charge in [-0.3, -0.25) is 0 Å². The van der Waals surface area contributed by atoms with Crippen molar-refractivity contribution in [2.24, 2.45) is 0 Å². The lowest BCUT2D eigenvalue weighted by atomic mass is 9.67. The van der Waals surface area contributed by atoms with Crippen LogP contribution >= 0.6 is 0 Å². The van der Waals surface area contributed by atoms with Gasteiger partial charge in [0.1, 0.15) is 0 Å². The van der Waals surface area contributed by atoms with Gasteiger partial charge >= 0.3 is 23.7 Å². The first-order valence-electron chi connectivity index (χ1n) is 4.39. The molecule has 1 rings (SSSR count). The van der Waals surface area contributed by atoms with Gasteiger partial charge in [0.05, 0.1) is 0 Å². The topological polar surface area (TPSA) is 0 Å². The van der Waals surface area contributed by atoms with E-state index in [1.54, 1.807) is 0 Å². The van der Waals surface area contributed by atoms with E-state index in [1.807, 2.05) is 0 Å². The normalized spacial score (nSPS) is 44.7. The van der Waals surface area contributed by atoms with Crippen LogP contribution in [-0.2, 0) is 0 Å². The van der Waals surface area contributed by atoms with Gasteiger partial charge in [-0.1, -0.05) is 0 Å². The molecule has 1 aliphatic carbocycles. The molecule has 0 aliphatic heterocycles. The first-order chi connectivity index (χ1) is 7.50. The van der Waals surface area contributed by atoms with Gasteiger partial charge in [0.15, 0.2) is 0 Å². The molecule has 0 N–H and O–H groups in total. The van der Waals surface area contributed by atoms with Crippen molar-refractivity contribution in [3.05, 3.63) is 0 Å². The summed E-state index contributed by atoms with van der Waals surface area (Å²) in [7, 11) is 0. The van der Waals surface area contributed by atoms with E-state index in [0.717, 1.165) is 0 Å². The van der Waals surface area contributed by atoms with Crippen molar-refractivity contribution < 1.29 is 43.9 Å². The summed E-state index contributed by atoms with van der Waals surface area (Å²) < 4.78 is 129. The summed E-state index contributed by atoms with van der Waals surface area (Å²) >= 11 is 0. The monoisotopic (exact) mass is 292 g/mol. The molecular formula is C8H6F10. The number of rotatable bonds is 0. The minimum Gasteiger partial charge on any atom is -0.233 e. The van der Waals surface area contributed by atoms with Gasteiger partial charge in [0.2, 0.25) is 11.3 Å². The highest BCUT2D eigenvalue weighted by atomic mass is 19.4. The minimum atomic E-state index is -6.74. The molecule has 1 saturated carbocycles. The van der Waals surface area contributed by atoms with Crippen LogP contribution in [0.5, 0.6) is 0 Å². The maximum absolute atomic E-state index is 13.3. The van der Waals surface area contributed by atoms with Crippen molar-refractivity contribution >= 4 is 0 Å². The molecule has 0 spiro atoms. The molecule has 1 aliphatic rings. The predicted molar refractivity (Wildman–Crippen MR) is 38.8 cm³/mol. The summed E-state index contributed by atoms with van der Waals surface area (Å²) in [5.41, 5.74) is -10.4. The van der Waals surface area contributed by atoms with Crippen molar-refractivity contribution in [1.29, 1.82) is 0 Å². The molecule has 108 valence electrons. The van der Waals surface area contributed by atoms with E-state index in [2.05, 4.69) is 0 Å². The molecule has 0 heterocycles. The number of hydrogen-bond acceptors (Lipinski definition) is 0. The summed E-state index contributed by atoms with van der Waals surface area (Å²) in [5.74, 6) is -26.1. The SMILES string of the molecule is CC1(F)C(C)(F)C(F)(F)C(F)(F)C(F)(F)C1(F)F. The van der Waals surface area contributed by atoms with E-state index in [9.17, 15) is 43.9 Å². The Balaban J connectivity index is 3.72. The van der Waals surface area contributed by atoms with Crippen LogP contribution in [0.25, 0.3) is 0 Å². The number of halogens is 10. The fourth-order valence-corrected chi connectivity index (χ4v) is 1.57. The Morgan fingerprint density at radius 1 is 0.389 bits per heavy atom. The summed E-state index contributed by atoms with van der Waals surface area (Å²) in [6.45, 7) is -1.21. The van der Waals surface area contributed by atoms with Crippen molar-refractivity contribution in [1.82, 2.24) is 0 Å². The molecule has 10 heteroatoms. The largest absolute Gasteiger partial charge is 0.381 e. The average Bonchev–Trinajstić information content (AvgIpc) is 2.14. The van der Waals surface area contributed by atoms with Crippen molar-refractivity contribution in [2.75, 3.05) is 0 Å². The Labute approximate surface area is 93.9 Å². The molecule has 0 amide bonds. The lowest BCUT2D eigenvalue weighted by molar-refractivity contribution is -0.458. The van der Waals surface area contributed by atoms with Gasteiger partial charge in [-0.2, -0.15) is 35.1 Å². The van der Waals surface area contributed by atoms with Crippen molar-refractivity contribution in [2.45, 2.75) is 48.9 Å². The third-order valence-electron chi connectivity index (χ3n) is 3.24. The van der Waals surface area contributed by atoms with Crippen LogP contribution in [0.1, 0.15) is 13.8 Å². The zero-order chi connectivity index (χ0) is 15.0. The highest BCUT2D eigenvalue weighted by molar-refractivity contribution is 5.27. The van der Waals surface area contributed by atoms with E-state index in [4.69, 9.17) is 0 Å².